The van der Waals surface area contributed by atoms with E-state index in [2.05, 4.69) is 12.2 Å². The first kappa shape index (κ1) is 14.8. The third kappa shape index (κ3) is 3.93. The minimum atomic E-state index is -0.306. The Morgan fingerprint density at radius 3 is 2.79 bits per heavy atom. The molecule has 1 unspecified atom stereocenters. The SMILES string of the molecule is CCNC(CCc1cccc(F)c1Cl)C1CCCC1. The van der Waals surface area contributed by atoms with Crippen molar-refractivity contribution in [1.29, 1.82) is 0 Å². The van der Waals surface area contributed by atoms with Gasteiger partial charge in [-0.2, -0.15) is 0 Å². The van der Waals surface area contributed by atoms with Crippen molar-refractivity contribution in [2.24, 2.45) is 5.92 Å². The number of hydrogen-bond donors (Lipinski definition) is 1. The Kier molecular flexibility index (Phi) is 5.65. The molecule has 3 heteroatoms. The van der Waals surface area contributed by atoms with Crippen LogP contribution >= 0.6 is 11.6 Å². The van der Waals surface area contributed by atoms with Crippen LogP contribution < -0.4 is 5.32 Å². The molecule has 0 saturated heterocycles. The lowest BCUT2D eigenvalue weighted by Gasteiger charge is -2.24. The molecule has 19 heavy (non-hydrogen) atoms. The second-order valence-electron chi connectivity index (χ2n) is 5.46. The van der Waals surface area contributed by atoms with Crippen LogP contribution in [-0.4, -0.2) is 12.6 Å². The van der Waals surface area contributed by atoms with Gasteiger partial charge in [0, 0.05) is 6.04 Å². The van der Waals surface area contributed by atoms with Crippen molar-refractivity contribution in [3.8, 4) is 0 Å². The highest BCUT2D eigenvalue weighted by Gasteiger charge is 2.24. The van der Waals surface area contributed by atoms with Crippen molar-refractivity contribution in [2.45, 2.75) is 51.5 Å². The molecule has 0 spiro atoms. The molecule has 1 aromatic carbocycles. The van der Waals surface area contributed by atoms with Gasteiger partial charge in [0.05, 0.1) is 5.02 Å². The van der Waals surface area contributed by atoms with Crippen LogP contribution in [0.5, 0.6) is 0 Å². The van der Waals surface area contributed by atoms with Gasteiger partial charge in [-0.3, -0.25) is 0 Å². The van der Waals surface area contributed by atoms with E-state index in [9.17, 15) is 4.39 Å². The van der Waals surface area contributed by atoms with E-state index < -0.39 is 0 Å². The van der Waals surface area contributed by atoms with E-state index in [0.717, 1.165) is 30.9 Å². The Hall–Kier alpha value is -0.600. The van der Waals surface area contributed by atoms with Crippen LogP contribution in [-0.2, 0) is 6.42 Å². The Morgan fingerprint density at radius 2 is 2.11 bits per heavy atom. The maximum atomic E-state index is 13.4. The van der Waals surface area contributed by atoms with Gasteiger partial charge in [0.15, 0.2) is 0 Å². The van der Waals surface area contributed by atoms with Gasteiger partial charge in [-0.15, -0.1) is 0 Å². The first-order valence-electron chi connectivity index (χ1n) is 7.38. The van der Waals surface area contributed by atoms with E-state index >= 15 is 0 Å². The summed E-state index contributed by atoms with van der Waals surface area (Å²) in [7, 11) is 0. The zero-order chi connectivity index (χ0) is 13.7. The van der Waals surface area contributed by atoms with Gasteiger partial charge in [0.1, 0.15) is 5.82 Å². The predicted molar refractivity (Wildman–Crippen MR) is 79.2 cm³/mol. The molecule has 1 aliphatic rings. The van der Waals surface area contributed by atoms with Crippen LogP contribution in [0.4, 0.5) is 4.39 Å². The molecule has 1 aromatic rings. The molecule has 1 fully saturated rings. The molecule has 0 heterocycles. The molecule has 1 saturated carbocycles. The lowest BCUT2D eigenvalue weighted by molar-refractivity contribution is 0.346. The van der Waals surface area contributed by atoms with Gasteiger partial charge in [-0.05, 0) is 49.8 Å². The van der Waals surface area contributed by atoms with Crippen LogP contribution in [0.15, 0.2) is 18.2 Å². The number of hydrogen-bond acceptors (Lipinski definition) is 1. The summed E-state index contributed by atoms with van der Waals surface area (Å²) in [4.78, 5) is 0. The van der Waals surface area contributed by atoms with Crippen LogP contribution in [0.2, 0.25) is 5.02 Å². The normalized spacial score (nSPS) is 17.8. The highest BCUT2D eigenvalue weighted by molar-refractivity contribution is 6.31. The third-order valence-corrected chi connectivity index (χ3v) is 4.61. The van der Waals surface area contributed by atoms with E-state index in [-0.39, 0.29) is 5.82 Å². The van der Waals surface area contributed by atoms with Gasteiger partial charge in [0.2, 0.25) is 0 Å². The fraction of sp³-hybridized carbons (Fsp3) is 0.625. The summed E-state index contributed by atoms with van der Waals surface area (Å²) >= 11 is 6.02. The average molecular weight is 284 g/mol. The van der Waals surface area contributed by atoms with Gasteiger partial charge in [-0.1, -0.05) is 43.5 Å². The Labute approximate surface area is 120 Å². The van der Waals surface area contributed by atoms with E-state index in [1.165, 1.54) is 31.7 Å². The Bertz CT molecular complexity index is 402. The van der Waals surface area contributed by atoms with E-state index in [1.807, 2.05) is 6.07 Å². The number of rotatable bonds is 6. The van der Waals surface area contributed by atoms with Gasteiger partial charge in [-0.25, -0.2) is 4.39 Å². The zero-order valence-corrected chi connectivity index (χ0v) is 12.3. The van der Waals surface area contributed by atoms with E-state index in [1.54, 1.807) is 6.07 Å². The summed E-state index contributed by atoms with van der Waals surface area (Å²) < 4.78 is 13.4. The van der Waals surface area contributed by atoms with Gasteiger partial charge >= 0.3 is 0 Å². The summed E-state index contributed by atoms with van der Waals surface area (Å²) in [6.45, 7) is 3.15. The first-order chi connectivity index (χ1) is 9.22. The average Bonchev–Trinajstić information content (AvgIpc) is 2.93. The highest BCUT2D eigenvalue weighted by Crippen LogP contribution is 2.30. The zero-order valence-electron chi connectivity index (χ0n) is 11.6. The molecule has 1 atom stereocenters. The largest absolute Gasteiger partial charge is 0.314 e. The third-order valence-electron chi connectivity index (χ3n) is 4.19. The molecule has 1 nitrogen and oxygen atoms in total. The summed E-state index contributed by atoms with van der Waals surface area (Å²) in [5.41, 5.74) is 0.933. The van der Waals surface area contributed by atoms with Crippen molar-refractivity contribution in [3.05, 3.63) is 34.6 Å². The first-order valence-corrected chi connectivity index (χ1v) is 7.76. The maximum absolute atomic E-state index is 13.4. The van der Waals surface area contributed by atoms with Crippen molar-refractivity contribution in [1.82, 2.24) is 5.32 Å². The molecule has 0 amide bonds. The lowest BCUT2D eigenvalue weighted by atomic mass is 9.92. The lowest BCUT2D eigenvalue weighted by Crippen LogP contribution is -2.35. The molecule has 106 valence electrons. The van der Waals surface area contributed by atoms with E-state index in [0.29, 0.717) is 11.1 Å². The fourth-order valence-corrected chi connectivity index (χ4v) is 3.40. The second kappa shape index (κ2) is 7.25. The van der Waals surface area contributed by atoms with Crippen molar-refractivity contribution in [2.75, 3.05) is 6.54 Å². The van der Waals surface area contributed by atoms with Crippen molar-refractivity contribution in [3.63, 3.8) is 0 Å². The summed E-state index contributed by atoms with van der Waals surface area (Å²) in [5.74, 6) is 0.479. The van der Waals surface area contributed by atoms with E-state index in [4.69, 9.17) is 11.6 Å². The number of benzene rings is 1. The van der Waals surface area contributed by atoms with Crippen molar-refractivity contribution >= 4 is 11.6 Å². The standard InChI is InChI=1S/C16H23ClFN/c1-2-19-15(12-6-3-4-7-12)11-10-13-8-5-9-14(18)16(13)17/h5,8-9,12,15,19H,2-4,6-7,10-11H2,1H3. The van der Waals surface area contributed by atoms with Crippen LogP contribution in [0, 0.1) is 11.7 Å². The number of nitrogens with one attached hydrogen (secondary N) is 1. The molecular formula is C16H23ClFN. The molecule has 0 aromatic heterocycles. The Morgan fingerprint density at radius 1 is 1.37 bits per heavy atom. The Balaban J connectivity index is 1.96. The molecule has 0 radical (unpaired) electrons. The van der Waals surface area contributed by atoms with Crippen LogP contribution in [0.1, 0.15) is 44.6 Å². The molecule has 0 aliphatic heterocycles. The minimum absolute atomic E-state index is 0.296. The molecular weight excluding hydrogens is 261 g/mol. The second-order valence-corrected chi connectivity index (χ2v) is 5.84. The number of aryl methyl sites for hydroxylation is 1. The number of halogens is 2. The molecule has 2 rings (SSSR count). The minimum Gasteiger partial charge on any atom is -0.314 e. The highest BCUT2D eigenvalue weighted by atomic mass is 35.5. The quantitative estimate of drug-likeness (QED) is 0.806. The summed E-state index contributed by atoms with van der Waals surface area (Å²) in [6.07, 6.45) is 7.26. The molecule has 1 aliphatic carbocycles. The molecule has 1 N–H and O–H groups in total. The summed E-state index contributed by atoms with van der Waals surface area (Å²) in [5, 5.41) is 3.89. The molecule has 0 bridgehead atoms. The maximum Gasteiger partial charge on any atom is 0.142 e. The summed E-state index contributed by atoms with van der Waals surface area (Å²) in [6, 6.07) is 5.65. The van der Waals surface area contributed by atoms with Gasteiger partial charge in [0.25, 0.3) is 0 Å². The van der Waals surface area contributed by atoms with Crippen molar-refractivity contribution < 1.29 is 4.39 Å². The fourth-order valence-electron chi connectivity index (χ4n) is 3.18. The van der Waals surface area contributed by atoms with Crippen LogP contribution in [0.25, 0.3) is 0 Å². The predicted octanol–water partition coefficient (Wildman–Crippen LogP) is 4.58. The monoisotopic (exact) mass is 283 g/mol. The van der Waals surface area contributed by atoms with Gasteiger partial charge < -0.3 is 5.32 Å². The smallest absolute Gasteiger partial charge is 0.142 e. The van der Waals surface area contributed by atoms with Crippen LogP contribution in [0.3, 0.4) is 0 Å². The topological polar surface area (TPSA) is 12.0 Å².